The van der Waals surface area contributed by atoms with Gasteiger partial charge in [0.15, 0.2) is 0 Å². The van der Waals surface area contributed by atoms with E-state index in [4.69, 9.17) is 10.2 Å². The molecule has 0 fully saturated rings. The molecule has 6 aromatic rings. The van der Waals surface area contributed by atoms with E-state index in [1.165, 1.54) is 84.9 Å². The van der Waals surface area contributed by atoms with Gasteiger partial charge in [0.2, 0.25) is 0 Å². The fourth-order valence-electron chi connectivity index (χ4n) is 4.87. The first-order valence-electron chi connectivity index (χ1n) is 16.4. The van der Waals surface area contributed by atoms with Crippen molar-refractivity contribution in [3.63, 3.8) is 0 Å². The third kappa shape index (κ3) is 10.9. The maximum absolute atomic E-state index is 12.4. The van der Waals surface area contributed by atoms with E-state index in [-0.39, 0.29) is 43.4 Å². The van der Waals surface area contributed by atoms with E-state index in [1.54, 1.807) is 72.8 Å². The summed E-state index contributed by atoms with van der Waals surface area (Å²) >= 11 is 0. The van der Waals surface area contributed by atoms with Crippen LogP contribution in [0.5, 0.6) is 0 Å². The number of carbonyl (C=O) groups is 4. The molecule has 6 rings (SSSR count). The van der Waals surface area contributed by atoms with E-state index in [1.807, 2.05) is 0 Å². The highest BCUT2D eigenvalue weighted by molar-refractivity contribution is 7.93. The molecule has 6 aromatic carbocycles. The third-order valence-electron chi connectivity index (χ3n) is 7.64. The summed E-state index contributed by atoms with van der Waals surface area (Å²) in [6, 6.07) is 39.3. The lowest BCUT2D eigenvalue weighted by Crippen LogP contribution is -2.15. The second-order valence-corrected chi connectivity index (χ2v) is 15.0. The normalized spacial score (nSPS) is 10.9. The lowest BCUT2D eigenvalue weighted by Gasteiger charge is -2.10. The molecule has 2 amide bonds. The van der Waals surface area contributed by atoms with Crippen molar-refractivity contribution in [2.75, 3.05) is 20.1 Å². The summed E-state index contributed by atoms with van der Waals surface area (Å²) in [6.07, 6.45) is 0. The monoisotopic (exact) mass is 792 g/mol. The van der Waals surface area contributed by atoms with Crippen LogP contribution in [0.2, 0.25) is 0 Å². The number of amides is 2. The molecule has 0 atom stereocenters. The molecule has 0 aromatic heterocycles. The van der Waals surface area contributed by atoms with Crippen molar-refractivity contribution in [1.29, 1.82) is 0 Å². The van der Waals surface area contributed by atoms with Gasteiger partial charge in [0.05, 0.1) is 20.9 Å². The van der Waals surface area contributed by atoms with Crippen molar-refractivity contribution in [1.82, 2.24) is 0 Å². The molecular formula is C40H32N4O10S2. The van der Waals surface area contributed by atoms with E-state index >= 15 is 0 Å². The number of aromatic carboxylic acids is 2. The van der Waals surface area contributed by atoms with E-state index < -0.39 is 43.8 Å². The van der Waals surface area contributed by atoms with Crippen LogP contribution in [0.15, 0.2) is 168 Å². The Morgan fingerprint density at radius 1 is 0.375 bits per heavy atom. The summed E-state index contributed by atoms with van der Waals surface area (Å²) in [7, 11) is -7.53. The third-order valence-corrected chi connectivity index (χ3v) is 10.4. The highest BCUT2D eigenvalue weighted by Gasteiger charge is 2.17. The minimum atomic E-state index is -3.76. The first kappa shape index (κ1) is 39.9. The second-order valence-electron chi connectivity index (χ2n) is 11.7. The molecule has 14 nitrogen and oxygen atoms in total. The fraction of sp³-hybridized carbons (Fsp3) is 0. The summed E-state index contributed by atoms with van der Waals surface area (Å²) in [5, 5.41) is 23.1. The van der Waals surface area contributed by atoms with Crippen LogP contribution in [0.4, 0.5) is 22.7 Å². The van der Waals surface area contributed by atoms with Crippen LogP contribution in [0, 0.1) is 0 Å². The smallest absolute Gasteiger partial charge is 0.335 e. The van der Waals surface area contributed by atoms with Crippen LogP contribution in [-0.4, -0.2) is 50.8 Å². The largest absolute Gasteiger partial charge is 0.478 e. The first-order valence-corrected chi connectivity index (χ1v) is 19.3. The standard InChI is InChI=1S/2C20H16N2O5S/c2*23-19(21-16-11-9-14(10-12-16)20(24)25)15-5-4-6-17(13-15)22-28(26,27)18-7-2-1-3-8-18/h2*1-13,22H,(H,21,23)(H,24,25). The quantitative estimate of drug-likeness (QED) is 0.0754. The Labute approximate surface area is 321 Å². The number of nitrogens with one attached hydrogen (secondary N) is 4. The lowest BCUT2D eigenvalue weighted by molar-refractivity contribution is 0.0686. The minimum absolute atomic E-state index is 0.107. The molecule has 0 spiro atoms. The molecule has 0 saturated heterocycles. The van der Waals surface area contributed by atoms with Gasteiger partial charge in [-0.05, 0) is 109 Å². The maximum Gasteiger partial charge on any atom is 0.335 e. The van der Waals surface area contributed by atoms with Crippen molar-refractivity contribution in [2.24, 2.45) is 0 Å². The molecule has 0 saturated carbocycles. The van der Waals surface area contributed by atoms with Gasteiger partial charge in [-0.15, -0.1) is 0 Å². The number of hydrogen-bond donors (Lipinski definition) is 6. The van der Waals surface area contributed by atoms with Gasteiger partial charge in [-0.3, -0.25) is 19.0 Å². The average Bonchev–Trinajstić information content (AvgIpc) is 3.19. The summed E-state index contributed by atoms with van der Waals surface area (Å²) in [5.41, 5.74) is 2.04. The van der Waals surface area contributed by atoms with Gasteiger partial charge in [-0.2, -0.15) is 0 Å². The number of sulfonamides is 2. The van der Waals surface area contributed by atoms with E-state index in [0.29, 0.717) is 11.4 Å². The summed E-state index contributed by atoms with van der Waals surface area (Å²) < 4.78 is 54.5. The van der Waals surface area contributed by atoms with Gasteiger partial charge in [0.1, 0.15) is 0 Å². The Morgan fingerprint density at radius 2 is 0.714 bits per heavy atom. The zero-order valence-electron chi connectivity index (χ0n) is 29.0. The Morgan fingerprint density at radius 3 is 1.04 bits per heavy atom. The fourth-order valence-corrected chi connectivity index (χ4v) is 7.02. The molecule has 0 aliphatic rings. The Kier molecular flexibility index (Phi) is 12.6. The highest BCUT2D eigenvalue weighted by atomic mass is 32.2. The second kappa shape index (κ2) is 17.7. The van der Waals surface area contributed by atoms with Crippen molar-refractivity contribution >= 4 is 66.5 Å². The molecule has 284 valence electrons. The highest BCUT2D eigenvalue weighted by Crippen LogP contribution is 2.20. The number of rotatable bonds is 12. The molecular weight excluding hydrogens is 761 g/mol. The Bertz CT molecular complexity index is 2400. The number of benzene rings is 6. The molecule has 0 aliphatic carbocycles. The van der Waals surface area contributed by atoms with Crippen LogP contribution < -0.4 is 20.1 Å². The zero-order chi connectivity index (χ0) is 40.3. The van der Waals surface area contributed by atoms with Crippen LogP contribution in [0.25, 0.3) is 0 Å². The van der Waals surface area contributed by atoms with Crippen molar-refractivity contribution in [3.05, 3.63) is 180 Å². The van der Waals surface area contributed by atoms with Gasteiger partial charge in [0.25, 0.3) is 31.9 Å². The SMILES string of the molecule is O=C(O)c1ccc(NC(=O)c2cccc(NS(=O)(=O)c3ccccc3)c2)cc1.O=C(O)c1ccc(NC(=O)c2cccc(NS(=O)(=O)c3ccccc3)c2)cc1. The predicted molar refractivity (Wildman–Crippen MR) is 210 cm³/mol. The Balaban J connectivity index is 0.000000214. The average molecular weight is 793 g/mol. The number of carboxylic acids is 2. The summed E-state index contributed by atoms with van der Waals surface area (Å²) in [4.78, 5) is 46.8. The Hall–Kier alpha value is -7.30. The number of anilines is 4. The van der Waals surface area contributed by atoms with Gasteiger partial charge >= 0.3 is 11.9 Å². The molecule has 16 heteroatoms. The predicted octanol–water partition coefficient (Wildman–Crippen LogP) is 6.88. The maximum atomic E-state index is 12.4. The van der Waals surface area contributed by atoms with Crippen LogP contribution in [0.1, 0.15) is 41.4 Å². The van der Waals surface area contributed by atoms with Crippen molar-refractivity contribution in [3.8, 4) is 0 Å². The molecule has 0 bridgehead atoms. The van der Waals surface area contributed by atoms with Crippen LogP contribution >= 0.6 is 0 Å². The van der Waals surface area contributed by atoms with Gasteiger partial charge in [0, 0.05) is 33.9 Å². The van der Waals surface area contributed by atoms with Gasteiger partial charge in [-0.1, -0.05) is 48.5 Å². The molecule has 0 aliphatic heterocycles. The minimum Gasteiger partial charge on any atom is -0.478 e. The van der Waals surface area contributed by atoms with Crippen LogP contribution in [-0.2, 0) is 20.0 Å². The topological polar surface area (TPSA) is 225 Å². The van der Waals surface area contributed by atoms with E-state index in [2.05, 4.69) is 20.1 Å². The molecule has 56 heavy (non-hydrogen) atoms. The van der Waals surface area contributed by atoms with Crippen LogP contribution in [0.3, 0.4) is 0 Å². The van der Waals surface area contributed by atoms with Gasteiger partial charge in [-0.25, -0.2) is 26.4 Å². The summed E-state index contributed by atoms with van der Waals surface area (Å²) in [5.74, 6) is -3.03. The van der Waals surface area contributed by atoms with Crippen molar-refractivity contribution in [2.45, 2.75) is 9.79 Å². The molecule has 0 unspecified atom stereocenters. The number of carboxylic acid groups (broad SMARTS) is 2. The van der Waals surface area contributed by atoms with Gasteiger partial charge < -0.3 is 20.8 Å². The first-order chi connectivity index (χ1) is 26.7. The van der Waals surface area contributed by atoms with E-state index in [9.17, 15) is 36.0 Å². The number of carbonyl (C=O) groups excluding carboxylic acids is 2. The summed E-state index contributed by atoms with van der Waals surface area (Å²) in [6.45, 7) is 0. The molecule has 0 radical (unpaired) electrons. The number of hydrogen-bond acceptors (Lipinski definition) is 8. The van der Waals surface area contributed by atoms with E-state index in [0.717, 1.165) is 0 Å². The lowest BCUT2D eigenvalue weighted by atomic mass is 10.1. The van der Waals surface area contributed by atoms with Crippen molar-refractivity contribution < 1.29 is 46.2 Å². The zero-order valence-corrected chi connectivity index (χ0v) is 30.6. The molecule has 0 heterocycles. The molecule has 6 N–H and O–H groups in total.